The number of carbonyl (C=O) groups is 2. The number of amides is 1. The van der Waals surface area contributed by atoms with E-state index in [9.17, 15) is 9.59 Å². The van der Waals surface area contributed by atoms with E-state index in [-0.39, 0.29) is 12.6 Å². The van der Waals surface area contributed by atoms with E-state index in [4.69, 9.17) is 0 Å². The molecule has 0 unspecified atom stereocenters. The van der Waals surface area contributed by atoms with Crippen LogP contribution >= 0.6 is 0 Å². The Hall–Kier alpha value is -2.44. The van der Waals surface area contributed by atoms with Crippen LogP contribution in [-0.2, 0) is 14.3 Å². The molecular weight excluding hydrogens is 224 g/mol. The first-order valence-electron chi connectivity index (χ1n) is 4.89. The number of pyridine rings is 1. The highest BCUT2D eigenvalue weighted by molar-refractivity contribution is 5.92. The summed E-state index contributed by atoms with van der Waals surface area (Å²) in [5.41, 5.74) is 1.23. The van der Waals surface area contributed by atoms with Gasteiger partial charge < -0.3 is 9.72 Å². The third-order valence-electron chi connectivity index (χ3n) is 1.92. The first-order chi connectivity index (χ1) is 8.15. The lowest BCUT2D eigenvalue weighted by molar-refractivity contribution is -0.144. The molecule has 2 rings (SSSR count). The van der Waals surface area contributed by atoms with Gasteiger partial charge in [0.1, 0.15) is 0 Å². The highest BCUT2D eigenvalue weighted by Crippen LogP contribution is 2.10. The van der Waals surface area contributed by atoms with Crippen molar-refractivity contribution in [2.75, 3.05) is 11.9 Å². The Labute approximate surface area is 96.2 Å². The van der Waals surface area contributed by atoms with Crippen molar-refractivity contribution in [2.45, 2.75) is 6.92 Å². The Kier molecular flexibility index (Phi) is 2.99. The molecule has 17 heavy (non-hydrogen) atoms. The average Bonchev–Trinajstić information content (AvgIpc) is 2.68. The van der Waals surface area contributed by atoms with Gasteiger partial charge in [0.05, 0.1) is 5.52 Å². The quantitative estimate of drug-likeness (QED) is 0.752. The first-order valence-corrected chi connectivity index (χ1v) is 4.89. The third-order valence-corrected chi connectivity index (χ3v) is 1.92. The highest BCUT2D eigenvalue weighted by atomic mass is 16.5. The minimum Gasteiger partial charge on any atom is -0.456 e. The molecule has 0 aliphatic heterocycles. The zero-order valence-corrected chi connectivity index (χ0v) is 9.06. The fourth-order valence-electron chi connectivity index (χ4n) is 1.24. The predicted octanol–water partition coefficient (Wildman–Crippen LogP) is 0.459. The van der Waals surface area contributed by atoms with Gasteiger partial charge in [-0.3, -0.25) is 14.9 Å². The maximum atomic E-state index is 11.3. The molecule has 2 N–H and O–H groups in total. The van der Waals surface area contributed by atoms with Crippen LogP contribution in [0, 0.1) is 0 Å². The van der Waals surface area contributed by atoms with Gasteiger partial charge in [-0.1, -0.05) is 0 Å². The van der Waals surface area contributed by atoms with Crippen LogP contribution in [0.2, 0.25) is 0 Å². The summed E-state index contributed by atoms with van der Waals surface area (Å²) in [4.78, 5) is 32.7. The molecule has 2 heterocycles. The predicted molar refractivity (Wildman–Crippen MR) is 59.2 cm³/mol. The Morgan fingerprint density at radius 2 is 2.35 bits per heavy atom. The van der Waals surface area contributed by atoms with Crippen LogP contribution in [0.4, 0.5) is 5.95 Å². The van der Waals surface area contributed by atoms with Crippen LogP contribution in [0.1, 0.15) is 6.92 Å². The largest absolute Gasteiger partial charge is 0.456 e. The maximum absolute atomic E-state index is 11.3. The van der Waals surface area contributed by atoms with Crippen molar-refractivity contribution in [1.29, 1.82) is 0 Å². The first kappa shape index (κ1) is 11.1. The molecule has 7 nitrogen and oxygen atoms in total. The number of H-pyrrole nitrogens is 1. The Balaban J connectivity index is 2.03. The molecule has 0 spiro atoms. The number of ether oxygens (including phenoxy) is 1. The van der Waals surface area contributed by atoms with Crippen molar-refractivity contribution in [3.63, 3.8) is 0 Å². The van der Waals surface area contributed by atoms with Crippen molar-refractivity contribution in [3.8, 4) is 0 Å². The molecule has 2 aromatic heterocycles. The van der Waals surface area contributed by atoms with Crippen molar-refractivity contribution in [2.24, 2.45) is 0 Å². The zero-order chi connectivity index (χ0) is 12.3. The fourth-order valence-corrected chi connectivity index (χ4v) is 1.24. The van der Waals surface area contributed by atoms with Crippen molar-refractivity contribution >= 4 is 29.0 Å². The van der Waals surface area contributed by atoms with Gasteiger partial charge in [0.2, 0.25) is 5.95 Å². The number of hydrogen-bond acceptors (Lipinski definition) is 5. The number of aromatic nitrogens is 3. The van der Waals surface area contributed by atoms with Gasteiger partial charge in [-0.05, 0) is 12.1 Å². The van der Waals surface area contributed by atoms with Gasteiger partial charge in [0.15, 0.2) is 12.3 Å². The maximum Gasteiger partial charge on any atom is 0.303 e. The van der Waals surface area contributed by atoms with E-state index in [2.05, 4.69) is 25.0 Å². The van der Waals surface area contributed by atoms with Crippen LogP contribution in [0.25, 0.3) is 11.2 Å². The molecule has 0 aliphatic carbocycles. The van der Waals surface area contributed by atoms with Gasteiger partial charge in [-0.25, -0.2) is 4.98 Å². The van der Waals surface area contributed by atoms with Crippen LogP contribution < -0.4 is 5.32 Å². The summed E-state index contributed by atoms with van der Waals surface area (Å²) in [6.45, 7) is 0.901. The van der Waals surface area contributed by atoms with E-state index in [1.54, 1.807) is 18.3 Å². The van der Waals surface area contributed by atoms with Crippen molar-refractivity contribution in [3.05, 3.63) is 18.3 Å². The molecule has 0 aromatic carbocycles. The Morgan fingerprint density at radius 1 is 1.53 bits per heavy atom. The number of rotatable bonds is 3. The lowest BCUT2D eigenvalue weighted by atomic mass is 10.4. The summed E-state index contributed by atoms with van der Waals surface area (Å²) < 4.78 is 4.54. The highest BCUT2D eigenvalue weighted by Gasteiger charge is 2.08. The lowest BCUT2D eigenvalue weighted by Crippen LogP contribution is -2.20. The number of nitrogens with zero attached hydrogens (tertiary/aromatic N) is 2. The summed E-state index contributed by atoms with van der Waals surface area (Å²) in [6.07, 6.45) is 1.60. The minimum atomic E-state index is -0.508. The van der Waals surface area contributed by atoms with Crippen LogP contribution in [0.3, 0.4) is 0 Å². The van der Waals surface area contributed by atoms with E-state index >= 15 is 0 Å². The SMILES string of the molecule is CC(=O)OCC(=O)Nc1nc2ncccc2[nH]1. The summed E-state index contributed by atoms with van der Waals surface area (Å²) >= 11 is 0. The van der Waals surface area contributed by atoms with Crippen molar-refractivity contribution < 1.29 is 14.3 Å². The summed E-state index contributed by atoms with van der Waals surface area (Å²) in [5, 5.41) is 2.46. The van der Waals surface area contributed by atoms with Gasteiger partial charge in [0, 0.05) is 13.1 Å². The van der Waals surface area contributed by atoms with Crippen molar-refractivity contribution in [1.82, 2.24) is 15.0 Å². The van der Waals surface area contributed by atoms with E-state index in [1.807, 2.05) is 0 Å². The Morgan fingerprint density at radius 3 is 3.06 bits per heavy atom. The van der Waals surface area contributed by atoms with Gasteiger partial charge >= 0.3 is 5.97 Å². The molecule has 2 aromatic rings. The molecule has 0 saturated heterocycles. The number of nitrogens with one attached hydrogen (secondary N) is 2. The Bertz CT molecular complexity index is 530. The number of carbonyl (C=O) groups excluding carboxylic acids is 2. The number of fused-ring (bicyclic) bond motifs is 1. The van der Waals surface area contributed by atoms with Gasteiger partial charge in [-0.15, -0.1) is 0 Å². The molecule has 0 fully saturated rings. The van der Waals surface area contributed by atoms with E-state index in [0.717, 1.165) is 5.52 Å². The molecular formula is C10H10N4O3. The lowest BCUT2D eigenvalue weighted by Gasteiger charge is -2.01. The summed E-state index contributed by atoms with van der Waals surface area (Å²) in [6, 6.07) is 3.54. The number of esters is 1. The van der Waals surface area contributed by atoms with Gasteiger partial charge in [-0.2, -0.15) is 4.98 Å². The molecule has 0 saturated carbocycles. The smallest absolute Gasteiger partial charge is 0.303 e. The van der Waals surface area contributed by atoms with Gasteiger partial charge in [0.25, 0.3) is 5.91 Å². The second kappa shape index (κ2) is 4.60. The summed E-state index contributed by atoms with van der Waals surface area (Å²) in [5.74, 6) is -0.693. The minimum absolute atomic E-state index is 0.274. The molecule has 0 bridgehead atoms. The summed E-state index contributed by atoms with van der Waals surface area (Å²) in [7, 11) is 0. The van der Waals surface area contributed by atoms with E-state index in [0.29, 0.717) is 5.65 Å². The van der Waals surface area contributed by atoms with Crippen LogP contribution in [-0.4, -0.2) is 33.4 Å². The molecule has 88 valence electrons. The number of anilines is 1. The standard InChI is InChI=1S/C10H10N4O3/c1-6(15)17-5-8(16)13-10-12-7-3-2-4-11-9(7)14-10/h2-4H,5H2,1H3,(H2,11,12,13,14,16). The average molecular weight is 234 g/mol. The monoisotopic (exact) mass is 234 g/mol. The van der Waals surface area contributed by atoms with Crippen LogP contribution in [0.5, 0.6) is 0 Å². The van der Waals surface area contributed by atoms with E-state index < -0.39 is 11.9 Å². The number of aromatic amines is 1. The zero-order valence-electron chi connectivity index (χ0n) is 9.06. The normalized spacial score (nSPS) is 10.2. The second-order valence-corrected chi connectivity index (χ2v) is 3.29. The molecule has 1 amide bonds. The molecule has 7 heteroatoms. The van der Waals surface area contributed by atoms with Crippen LogP contribution in [0.15, 0.2) is 18.3 Å². The molecule has 0 aliphatic rings. The fraction of sp³-hybridized carbons (Fsp3) is 0.200. The topological polar surface area (TPSA) is 97.0 Å². The third kappa shape index (κ3) is 2.77. The van der Waals surface area contributed by atoms with E-state index in [1.165, 1.54) is 6.92 Å². The number of hydrogen-bond donors (Lipinski definition) is 2. The molecule has 0 radical (unpaired) electrons. The number of imidazole rings is 1. The second-order valence-electron chi connectivity index (χ2n) is 3.29. The molecule has 0 atom stereocenters.